The topological polar surface area (TPSA) is 47.3 Å². The summed E-state index contributed by atoms with van der Waals surface area (Å²) >= 11 is 0. The molecular weight excluding hydrogens is 248 g/mol. The van der Waals surface area contributed by atoms with Gasteiger partial charge in [0.25, 0.3) is 0 Å². The summed E-state index contributed by atoms with van der Waals surface area (Å²) in [4.78, 5) is 0. The Morgan fingerprint density at radius 1 is 1.00 bits per heavy atom. The Bertz CT molecular complexity index is 285. The van der Waals surface area contributed by atoms with Crippen LogP contribution in [0.2, 0.25) is 0 Å². The fourth-order valence-electron chi connectivity index (χ4n) is 4.35. The zero-order chi connectivity index (χ0) is 14.6. The van der Waals surface area contributed by atoms with Crippen LogP contribution in [0.15, 0.2) is 0 Å². The van der Waals surface area contributed by atoms with Crippen LogP contribution in [0.1, 0.15) is 78.1 Å². The molecule has 118 valence electrons. The minimum Gasteiger partial charge on any atom is -0.377 e. The van der Waals surface area contributed by atoms with E-state index in [4.69, 9.17) is 10.6 Å². The second-order valence-electron chi connectivity index (χ2n) is 7.83. The van der Waals surface area contributed by atoms with Gasteiger partial charge < -0.3 is 4.74 Å². The molecule has 2 rings (SSSR count). The largest absolute Gasteiger partial charge is 0.377 e. The predicted octanol–water partition coefficient (Wildman–Crippen LogP) is 3.77. The van der Waals surface area contributed by atoms with Gasteiger partial charge in [0.05, 0.1) is 11.6 Å². The van der Waals surface area contributed by atoms with E-state index < -0.39 is 0 Å². The Labute approximate surface area is 125 Å². The van der Waals surface area contributed by atoms with Crippen molar-refractivity contribution in [1.82, 2.24) is 5.43 Å². The van der Waals surface area contributed by atoms with Gasteiger partial charge in [-0.25, -0.2) is 0 Å². The molecule has 20 heavy (non-hydrogen) atoms. The van der Waals surface area contributed by atoms with Gasteiger partial charge in [-0.2, -0.15) is 0 Å². The van der Waals surface area contributed by atoms with E-state index in [0.717, 1.165) is 12.8 Å². The normalized spacial score (nSPS) is 28.8. The molecule has 0 spiro atoms. The van der Waals surface area contributed by atoms with Crippen LogP contribution in [-0.4, -0.2) is 18.8 Å². The highest BCUT2D eigenvalue weighted by molar-refractivity contribution is 5.00. The molecule has 2 aliphatic rings. The first-order chi connectivity index (χ1) is 9.53. The van der Waals surface area contributed by atoms with E-state index in [2.05, 4.69) is 19.3 Å². The molecule has 0 heterocycles. The van der Waals surface area contributed by atoms with E-state index in [1.165, 1.54) is 51.4 Å². The molecular formula is C17H34N2O. The number of ether oxygens (including phenoxy) is 1. The van der Waals surface area contributed by atoms with Crippen LogP contribution in [0, 0.1) is 11.3 Å². The molecule has 3 N–H and O–H groups in total. The summed E-state index contributed by atoms with van der Waals surface area (Å²) in [5.41, 5.74) is 3.58. The molecule has 1 unspecified atom stereocenters. The summed E-state index contributed by atoms with van der Waals surface area (Å²) in [6, 6.07) is 0.321. The first kappa shape index (κ1) is 16.3. The van der Waals surface area contributed by atoms with Crippen molar-refractivity contribution in [1.29, 1.82) is 0 Å². The Morgan fingerprint density at radius 2 is 1.55 bits per heavy atom. The van der Waals surface area contributed by atoms with Crippen LogP contribution in [0.3, 0.4) is 0 Å². The Morgan fingerprint density at radius 3 is 2.00 bits per heavy atom. The number of methoxy groups -OCH3 is 1. The van der Waals surface area contributed by atoms with Crippen molar-refractivity contribution >= 4 is 0 Å². The third kappa shape index (κ3) is 3.55. The fraction of sp³-hybridized carbons (Fsp3) is 1.00. The van der Waals surface area contributed by atoms with E-state index in [1.807, 2.05) is 7.11 Å². The molecule has 0 radical (unpaired) electrons. The maximum atomic E-state index is 6.08. The highest BCUT2D eigenvalue weighted by atomic mass is 16.5. The van der Waals surface area contributed by atoms with Crippen LogP contribution in [0.25, 0.3) is 0 Å². The minimum absolute atomic E-state index is 0.0424. The van der Waals surface area contributed by atoms with Crippen molar-refractivity contribution < 1.29 is 4.74 Å². The van der Waals surface area contributed by atoms with Crippen LogP contribution in [0.4, 0.5) is 0 Å². The molecule has 3 nitrogen and oxygen atoms in total. The maximum Gasteiger partial charge on any atom is 0.0847 e. The molecule has 3 heteroatoms. The monoisotopic (exact) mass is 282 g/mol. The lowest BCUT2D eigenvalue weighted by molar-refractivity contribution is -0.100. The van der Waals surface area contributed by atoms with Crippen LogP contribution >= 0.6 is 0 Å². The summed E-state index contributed by atoms with van der Waals surface area (Å²) in [6.45, 7) is 4.76. The average Bonchev–Trinajstić information content (AvgIpc) is 2.71. The van der Waals surface area contributed by atoms with Crippen molar-refractivity contribution in [3.63, 3.8) is 0 Å². The zero-order valence-electron chi connectivity index (χ0n) is 13.7. The number of nitrogens with two attached hydrogens (primary N) is 1. The van der Waals surface area contributed by atoms with Gasteiger partial charge in [0.1, 0.15) is 0 Å². The molecule has 0 aromatic carbocycles. The molecule has 2 aliphatic carbocycles. The average molecular weight is 282 g/mol. The van der Waals surface area contributed by atoms with Crippen molar-refractivity contribution in [2.45, 2.75) is 89.7 Å². The molecule has 0 saturated heterocycles. The maximum absolute atomic E-state index is 6.08. The van der Waals surface area contributed by atoms with E-state index in [0.29, 0.717) is 17.4 Å². The van der Waals surface area contributed by atoms with E-state index in [-0.39, 0.29) is 5.60 Å². The van der Waals surface area contributed by atoms with Crippen LogP contribution in [0.5, 0.6) is 0 Å². The highest BCUT2D eigenvalue weighted by Crippen LogP contribution is 2.46. The highest BCUT2D eigenvalue weighted by Gasteiger charge is 2.46. The Kier molecular flexibility index (Phi) is 5.49. The van der Waals surface area contributed by atoms with Gasteiger partial charge >= 0.3 is 0 Å². The van der Waals surface area contributed by atoms with E-state index in [1.54, 1.807) is 0 Å². The molecule has 2 fully saturated rings. The van der Waals surface area contributed by atoms with Gasteiger partial charge in [0.15, 0.2) is 0 Å². The quantitative estimate of drug-likeness (QED) is 0.469. The molecule has 1 atom stereocenters. The third-order valence-electron chi connectivity index (χ3n) is 5.97. The lowest BCUT2D eigenvalue weighted by Crippen LogP contribution is -2.59. The van der Waals surface area contributed by atoms with Crippen molar-refractivity contribution in [2.24, 2.45) is 17.2 Å². The molecule has 0 bridgehead atoms. The first-order valence-corrected chi connectivity index (χ1v) is 8.54. The summed E-state index contributed by atoms with van der Waals surface area (Å²) in [5.74, 6) is 6.67. The number of rotatable bonds is 4. The smallest absolute Gasteiger partial charge is 0.0847 e. The fourth-order valence-corrected chi connectivity index (χ4v) is 4.35. The lowest BCUT2D eigenvalue weighted by Gasteiger charge is -2.49. The van der Waals surface area contributed by atoms with Crippen molar-refractivity contribution in [3.05, 3.63) is 0 Å². The summed E-state index contributed by atoms with van der Waals surface area (Å²) in [5, 5.41) is 0. The van der Waals surface area contributed by atoms with Gasteiger partial charge in [0.2, 0.25) is 0 Å². The van der Waals surface area contributed by atoms with Gasteiger partial charge in [0, 0.05) is 7.11 Å². The van der Waals surface area contributed by atoms with Gasteiger partial charge in [-0.3, -0.25) is 11.3 Å². The number of hydrogen-bond donors (Lipinski definition) is 2. The lowest BCUT2D eigenvalue weighted by atomic mass is 9.66. The number of hydrazine groups is 1. The van der Waals surface area contributed by atoms with Gasteiger partial charge in [-0.1, -0.05) is 39.5 Å². The zero-order valence-corrected chi connectivity index (χ0v) is 13.7. The Hall–Kier alpha value is -0.120. The first-order valence-electron chi connectivity index (χ1n) is 8.54. The molecule has 0 aromatic rings. The second-order valence-corrected chi connectivity index (χ2v) is 7.83. The van der Waals surface area contributed by atoms with E-state index in [9.17, 15) is 0 Å². The minimum atomic E-state index is -0.0424. The summed E-state index contributed by atoms with van der Waals surface area (Å²) in [7, 11) is 1.89. The molecule has 0 amide bonds. The van der Waals surface area contributed by atoms with Crippen LogP contribution in [-0.2, 0) is 4.74 Å². The van der Waals surface area contributed by atoms with Crippen molar-refractivity contribution in [3.8, 4) is 0 Å². The SMILES string of the molecule is COC1(C(NN)C2CCCCCC2)CCC(C)(C)CC1. The standard InChI is InChI=1S/C17H34N2O/c1-16(2)10-12-17(20-3,13-11-16)15(19-18)14-8-6-4-5-7-9-14/h14-15,19H,4-13,18H2,1-3H3. The van der Waals surface area contributed by atoms with Gasteiger partial charge in [-0.15, -0.1) is 0 Å². The number of hydrogen-bond acceptors (Lipinski definition) is 3. The second kappa shape index (κ2) is 6.76. The van der Waals surface area contributed by atoms with Crippen LogP contribution < -0.4 is 11.3 Å². The number of nitrogens with one attached hydrogen (secondary N) is 1. The van der Waals surface area contributed by atoms with Crippen molar-refractivity contribution in [2.75, 3.05) is 7.11 Å². The molecule has 2 saturated carbocycles. The molecule has 0 aromatic heterocycles. The van der Waals surface area contributed by atoms with E-state index >= 15 is 0 Å². The molecule has 0 aliphatic heterocycles. The Balaban J connectivity index is 2.10. The third-order valence-corrected chi connectivity index (χ3v) is 5.97. The summed E-state index contributed by atoms with van der Waals surface area (Å²) in [6.07, 6.45) is 12.9. The summed E-state index contributed by atoms with van der Waals surface area (Å²) < 4.78 is 6.08. The van der Waals surface area contributed by atoms with Gasteiger partial charge in [-0.05, 0) is 49.9 Å². The predicted molar refractivity (Wildman–Crippen MR) is 84.3 cm³/mol.